The highest BCUT2D eigenvalue weighted by atomic mass is 79.9. The van der Waals surface area contributed by atoms with Gasteiger partial charge in [-0.15, -0.1) is 0 Å². The molecule has 6 nitrogen and oxygen atoms in total. The van der Waals surface area contributed by atoms with Crippen molar-refractivity contribution < 1.29 is 14.4 Å². The van der Waals surface area contributed by atoms with Crippen LogP contribution in [0.5, 0.6) is 0 Å². The normalized spacial score (nSPS) is 17.9. The molecule has 0 atom stereocenters. The van der Waals surface area contributed by atoms with Gasteiger partial charge >= 0.3 is 0 Å². The van der Waals surface area contributed by atoms with Crippen molar-refractivity contribution in [1.29, 1.82) is 0 Å². The number of nitrogens with zero attached hydrogens (tertiary/aromatic N) is 3. The molecule has 0 spiro atoms. The van der Waals surface area contributed by atoms with Crippen molar-refractivity contribution in [1.82, 2.24) is 14.4 Å². The Morgan fingerprint density at radius 3 is 2.50 bits per heavy atom. The highest BCUT2D eigenvalue weighted by Crippen LogP contribution is 2.34. The molecule has 0 N–H and O–H groups in total. The Morgan fingerprint density at radius 2 is 1.74 bits per heavy atom. The third-order valence-corrected chi connectivity index (χ3v) is 7.68. The Morgan fingerprint density at radius 1 is 1.00 bits per heavy atom. The first kappa shape index (κ1) is 22.9. The fourth-order valence-electron chi connectivity index (χ4n) is 4.46. The van der Waals surface area contributed by atoms with Gasteiger partial charge in [-0.1, -0.05) is 46.3 Å². The molecule has 3 heterocycles. The minimum Gasteiger partial charge on any atom is -0.342 e. The van der Waals surface area contributed by atoms with Crippen molar-refractivity contribution in [2.75, 3.05) is 19.6 Å². The fraction of sp³-hybridized carbons (Fsp3) is 0.269. The standard InChI is InChI=1S/C26H24BrN3O3S/c27-20-10-8-18(9-11-20)15-29-16-19(21-6-2-3-7-22(21)29)14-23-25(32)30(26(33)34-23)17-24(31)28-12-4-1-5-13-28/h2-3,6-11,14,16H,1,4-5,12-13,15,17H2/b23-14-. The van der Waals surface area contributed by atoms with Crippen LogP contribution in [0.3, 0.4) is 0 Å². The Labute approximate surface area is 210 Å². The summed E-state index contributed by atoms with van der Waals surface area (Å²) >= 11 is 4.37. The quantitative estimate of drug-likeness (QED) is 0.403. The van der Waals surface area contributed by atoms with E-state index in [0.29, 0.717) is 24.5 Å². The lowest BCUT2D eigenvalue weighted by Gasteiger charge is -2.27. The molecule has 2 saturated heterocycles. The van der Waals surface area contributed by atoms with Crippen LogP contribution in [0.2, 0.25) is 0 Å². The molecule has 5 rings (SSSR count). The Balaban J connectivity index is 1.39. The summed E-state index contributed by atoms with van der Waals surface area (Å²) in [7, 11) is 0. The van der Waals surface area contributed by atoms with Crippen LogP contribution in [0.4, 0.5) is 4.79 Å². The number of thioether (sulfide) groups is 1. The predicted octanol–water partition coefficient (Wildman–Crippen LogP) is 5.50. The van der Waals surface area contributed by atoms with E-state index in [0.717, 1.165) is 62.4 Å². The molecular weight excluding hydrogens is 514 g/mol. The second kappa shape index (κ2) is 9.80. The van der Waals surface area contributed by atoms with Crippen molar-refractivity contribution in [2.45, 2.75) is 25.8 Å². The predicted molar refractivity (Wildman–Crippen MR) is 138 cm³/mol. The average Bonchev–Trinajstić information content (AvgIpc) is 3.33. The lowest BCUT2D eigenvalue weighted by Crippen LogP contribution is -2.44. The number of halogens is 1. The number of amides is 3. The summed E-state index contributed by atoms with van der Waals surface area (Å²) in [6.07, 6.45) is 6.84. The van der Waals surface area contributed by atoms with Gasteiger partial charge in [-0.3, -0.25) is 19.3 Å². The number of fused-ring (bicyclic) bond motifs is 1. The highest BCUT2D eigenvalue weighted by molar-refractivity contribution is 9.10. The largest absolute Gasteiger partial charge is 0.342 e. The summed E-state index contributed by atoms with van der Waals surface area (Å²) in [4.78, 5) is 41.4. The molecule has 0 saturated carbocycles. The topological polar surface area (TPSA) is 62.6 Å². The van der Waals surface area contributed by atoms with E-state index in [4.69, 9.17) is 0 Å². The van der Waals surface area contributed by atoms with Gasteiger partial charge in [-0.05, 0) is 60.9 Å². The lowest BCUT2D eigenvalue weighted by molar-refractivity contribution is -0.136. The number of carbonyl (C=O) groups excluding carboxylic acids is 3. The van der Waals surface area contributed by atoms with Crippen LogP contribution >= 0.6 is 27.7 Å². The summed E-state index contributed by atoms with van der Waals surface area (Å²) in [5, 5.41) is 0.621. The van der Waals surface area contributed by atoms with E-state index in [2.05, 4.69) is 38.7 Å². The van der Waals surface area contributed by atoms with Gasteiger partial charge < -0.3 is 9.47 Å². The van der Waals surface area contributed by atoms with Gasteiger partial charge in [-0.2, -0.15) is 0 Å². The number of para-hydroxylation sites is 1. The zero-order chi connectivity index (χ0) is 23.7. The second-order valence-corrected chi connectivity index (χ2v) is 10.5. The van der Waals surface area contributed by atoms with E-state index in [9.17, 15) is 14.4 Å². The third-order valence-electron chi connectivity index (χ3n) is 6.25. The van der Waals surface area contributed by atoms with E-state index >= 15 is 0 Å². The Kier molecular flexibility index (Phi) is 6.61. The molecular formula is C26H24BrN3O3S. The van der Waals surface area contributed by atoms with Gasteiger partial charge in [0.25, 0.3) is 11.1 Å². The molecule has 0 radical (unpaired) electrons. The van der Waals surface area contributed by atoms with Crippen LogP contribution in [0, 0.1) is 0 Å². The maximum Gasteiger partial charge on any atom is 0.294 e. The minimum absolute atomic E-state index is 0.158. The van der Waals surface area contributed by atoms with Crippen LogP contribution in [-0.4, -0.2) is 51.1 Å². The summed E-state index contributed by atoms with van der Waals surface area (Å²) in [5.41, 5.74) is 3.09. The molecule has 3 aromatic rings. The zero-order valence-corrected chi connectivity index (χ0v) is 21.0. The molecule has 174 valence electrons. The molecule has 2 aliphatic rings. The maximum absolute atomic E-state index is 13.0. The van der Waals surface area contributed by atoms with E-state index in [1.165, 1.54) is 0 Å². The van der Waals surface area contributed by atoms with Gasteiger partial charge in [0.15, 0.2) is 0 Å². The average molecular weight is 538 g/mol. The number of rotatable bonds is 5. The minimum atomic E-state index is -0.398. The zero-order valence-electron chi connectivity index (χ0n) is 18.6. The number of carbonyl (C=O) groups is 3. The molecule has 0 aliphatic carbocycles. The van der Waals surface area contributed by atoms with Crippen molar-refractivity contribution in [3.63, 3.8) is 0 Å². The molecule has 2 aromatic carbocycles. The van der Waals surface area contributed by atoms with Crippen LogP contribution in [-0.2, 0) is 16.1 Å². The summed E-state index contributed by atoms with van der Waals surface area (Å²) < 4.78 is 3.18. The number of imide groups is 1. The van der Waals surface area contributed by atoms with Crippen molar-refractivity contribution in [3.05, 3.63) is 75.2 Å². The number of aromatic nitrogens is 1. The highest BCUT2D eigenvalue weighted by Gasteiger charge is 2.37. The first-order chi connectivity index (χ1) is 16.5. The fourth-order valence-corrected chi connectivity index (χ4v) is 5.56. The van der Waals surface area contributed by atoms with E-state index in [1.807, 2.05) is 36.5 Å². The van der Waals surface area contributed by atoms with E-state index in [1.54, 1.807) is 11.0 Å². The van der Waals surface area contributed by atoms with E-state index in [-0.39, 0.29) is 17.7 Å². The summed E-state index contributed by atoms with van der Waals surface area (Å²) in [5.74, 6) is -0.556. The number of likely N-dealkylation sites (tertiary alicyclic amines) is 1. The monoisotopic (exact) mass is 537 g/mol. The van der Waals surface area contributed by atoms with Crippen molar-refractivity contribution >= 4 is 61.7 Å². The van der Waals surface area contributed by atoms with Crippen molar-refractivity contribution in [2.24, 2.45) is 0 Å². The summed E-state index contributed by atoms with van der Waals surface area (Å²) in [6.45, 7) is 1.90. The number of benzene rings is 2. The molecule has 0 bridgehead atoms. The van der Waals surface area contributed by atoms with Gasteiger partial charge in [0.1, 0.15) is 6.54 Å². The molecule has 3 amide bonds. The Bertz CT molecular complexity index is 1290. The van der Waals surface area contributed by atoms with Gasteiger partial charge in [0.05, 0.1) is 4.91 Å². The van der Waals surface area contributed by atoms with Crippen LogP contribution in [0.25, 0.3) is 17.0 Å². The number of piperidine rings is 1. The Hall–Kier alpha value is -2.84. The maximum atomic E-state index is 13.0. The van der Waals surface area contributed by atoms with Crippen LogP contribution in [0.1, 0.15) is 30.4 Å². The summed E-state index contributed by atoms with van der Waals surface area (Å²) in [6, 6.07) is 16.2. The third kappa shape index (κ3) is 4.70. The number of hydrogen-bond acceptors (Lipinski definition) is 4. The molecule has 0 unspecified atom stereocenters. The molecule has 34 heavy (non-hydrogen) atoms. The lowest BCUT2D eigenvalue weighted by atomic mass is 10.1. The second-order valence-electron chi connectivity index (χ2n) is 8.57. The van der Waals surface area contributed by atoms with Gasteiger partial charge in [0.2, 0.25) is 5.91 Å². The first-order valence-corrected chi connectivity index (χ1v) is 13.0. The van der Waals surface area contributed by atoms with Crippen LogP contribution < -0.4 is 0 Å². The van der Waals surface area contributed by atoms with E-state index < -0.39 is 5.91 Å². The SMILES string of the molecule is O=C(CN1C(=O)S/C(=C\c2cn(Cc3ccc(Br)cc3)c3ccccc23)C1=O)N1CCCCC1. The molecule has 2 aliphatic heterocycles. The molecule has 2 fully saturated rings. The molecule has 8 heteroatoms. The first-order valence-electron chi connectivity index (χ1n) is 11.3. The smallest absolute Gasteiger partial charge is 0.294 e. The molecule has 1 aromatic heterocycles. The van der Waals surface area contributed by atoms with Gasteiger partial charge in [-0.25, -0.2) is 0 Å². The van der Waals surface area contributed by atoms with Crippen molar-refractivity contribution in [3.8, 4) is 0 Å². The van der Waals surface area contributed by atoms with Gasteiger partial charge in [0, 0.05) is 46.8 Å². The van der Waals surface area contributed by atoms with Crippen LogP contribution in [0.15, 0.2) is 64.1 Å². The number of hydrogen-bond donors (Lipinski definition) is 0.